The van der Waals surface area contributed by atoms with Gasteiger partial charge in [0.1, 0.15) is 11.5 Å². The molecular weight excluding hydrogens is 360 g/mol. The van der Waals surface area contributed by atoms with Crippen molar-refractivity contribution in [2.45, 2.75) is 0 Å². The molecule has 0 saturated heterocycles. The highest BCUT2D eigenvalue weighted by Crippen LogP contribution is 2.44. The number of aliphatic hydroxyl groups is 1. The third-order valence-corrected chi connectivity index (χ3v) is 4.42. The van der Waals surface area contributed by atoms with Crippen molar-refractivity contribution in [3.63, 3.8) is 0 Å². The number of methoxy groups -OCH3 is 1. The number of ether oxygens (including phenoxy) is 1. The Morgan fingerprint density at radius 2 is 1.50 bits per heavy atom. The summed E-state index contributed by atoms with van der Waals surface area (Å²) in [7, 11) is 1.24. The molecule has 0 atom stereocenters. The fourth-order valence-electron chi connectivity index (χ4n) is 3.23. The molecule has 3 N–H and O–H groups in total. The van der Waals surface area contributed by atoms with Crippen LogP contribution >= 0.6 is 12.4 Å². The molecule has 0 saturated carbocycles. The first kappa shape index (κ1) is 17.6. The maximum absolute atomic E-state index is 12.3. The maximum atomic E-state index is 12.3. The van der Waals surface area contributed by atoms with Gasteiger partial charge in [0.2, 0.25) is 11.5 Å². The highest BCUT2D eigenvalue weighted by Gasteiger charge is 2.37. The molecule has 0 aliphatic heterocycles. The Balaban J connectivity index is 0.00000196. The molecule has 0 heterocycles. The standard InChI is InChI=1S/C19H12O6.ClH/c1-25-19-12-7-11-10(6-8-4-2-3-5-9(8)14(11)20)15(21)13(12)16(22)17(23)18(19)24;/h2-7,20-21,24H,1H3;1H. The van der Waals surface area contributed by atoms with Gasteiger partial charge in [-0.2, -0.15) is 0 Å². The molecule has 1 aliphatic rings. The summed E-state index contributed by atoms with van der Waals surface area (Å²) < 4.78 is 5.04. The normalized spacial score (nSPS) is 13.7. The second-order valence-electron chi connectivity index (χ2n) is 5.73. The SMILES string of the molecule is COC1=C(O)C(=O)C(=O)c2c1cc1c(O)c3ccccc3cc1c2O.Cl. The van der Waals surface area contributed by atoms with Crippen LogP contribution in [0.25, 0.3) is 27.3 Å². The monoisotopic (exact) mass is 372 g/mol. The van der Waals surface area contributed by atoms with Crippen LogP contribution in [0.2, 0.25) is 0 Å². The van der Waals surface area contributed by atoms with Crippen LogP contribution in [0.3, 0.4) is 0 Å². The zero-order valence-corrected chi connectivity index (χ0v) is 14.3. The summed E-state index contributed by atoms with van der Waals surface area (Å²) in [6.45, 7) is 0. The van der Waals surface area contributed by atoms with Crippen LogP contribution in [-0.2, 0) is 9.53 Å². The van der Waals surface area contributed by atoms with E-state index in [1.807, 2.05) is 0 Å². The van der Waals surface area contributed by atoms with Crippen molar-refractivity contribution >= 4 is 51.3 Å². The lowest BCUT2D eigenvalue weighted by atomic mass is 9.87. The van der Waals surface area contributed by atoms with E-state index in [9.17, 15) is 24.9 Å². The van der Waals surface area contributed by atoms with Gasteiger partial charge in [0, 0.05) is 21.7 Å². The maximum Gasteiger partial charge on any atom is 0.271 e. The number of hydrogen-bond donors (Lipinski definition) is 3. The number of phenolic OH excluding ortho intramolecular Hbond substituents is 2. The summed E-state index contributed by atoms with van der Waals surface area (Å²) >= 11 is 0. The van der Waals surface area contributed by atoms with Crippen molar-refractivity contribution in [1.29, 1.82) is 0 Å². The number of phenols is 2. The number of rotatable bonds is 1. The minimum Gasteiger partial charge on any atom is -0.507 e. The average Bonchev–Trinajstić information content (AvgIpc) is 2.61. The van der Waals surface area contributed by atoms with Gasteiger partial charge in [0.05, 0.1) is 12.7 Å². The average molecular weight is 373 g/mol. The van der Waals surface area contributed by atoms with Crippen LogP contribution in [0, 0.1) is 0 Å². The number of allylic oxidation sites excluding steroid dienone is 1. The Bertz CT molecular complexity index is 1150. The lowest BCUT2D eigenvalue weighted by molar-refractivity contribution is -0.114. The second-order valence-corrected chi connectivity index (χ2v) is 5.73. The molecular formula is C19H13ClO6. The summed E-state index contributed by atoms with van der Waals surface area (Å²) in [5.74, 6) is -3.73. The van der Waals surface area contributed by atoms with Crippen molar-refractivity contribution in [3.8, 4) is 11.5 Å². The van der Waals surface area contributed by atoms with Gasteiger partial charge in [0.15, 0.2) is 5.76 Å². The Kier molecular flexibility index (Phi) is 4.00. The zero-order chi connectivity index (χ0) is 17.9. The fourth-order valence-corrected chi connectivity index (χ4v) is 3.23. The van der Waals surface area contributed by atoms with E-state index in [0.717, 1.165) is 0 Å². The van der Waals surface area contributed by atoms with E-state index in [4.69, 9.17) is 4.74 Å². The van der Waals surface area contributed by atoms with Crippen LogP contribution in [0.15, 0.2) is 42.2 Å². The molecule has 6 nitrogen and oxygen atoms in total. The number of carbonyl (C=O) groups is 2. The molecule has 7 heteroatoms. The number of hydrogen-bond acceptors (Lipinski definition) is 6. The predicted octanol–water partition coefficient (Wildman–Crippen LogP) is 3.46. The predicted molar refractivity (Wildman–Crippen MR) is 97.9 cm³/mol. The molecule has 0 fully saturated rings. The van der Waals surface area contributed by atoms with Crippen molar-refractivity contribution in [2.75, 3.05) is 7.11 Å². The molecule has 132 valence electrons. The number of fused-ring (bicyclic) bond motifs is 3. The molecule has 0 spiro atoms. The van der Waals surface area contributed by atoms with E-state index in [2.05, 4.69) is 0 Å². The van der Waals surface area contributed by atoms with Gasteiger partial charge in [-0.15, -0.1) is 12.4 Å². The lowest BCUT2D eigenvalue weighted by Gasteiger charge is -2.20. The van der Waals surface area contributed by atoms with Crippen LogP contribution < -0.4 is 0 Å². The number of Topliss-reactive ketones (excluding diaryl/α,β-unsaturated/α-hetero) is 2. The molecule has 26 heavy (non-hydrogen) atoms. The largest absolute Gasteiger partial charge is 0.507 e. The molecule has 0 amide bonds. The van der Waals surface area contributed by atoms with Gasteiger partial charge in [-0.25, -0.2) is 0 Å². The first-order valence-electron chi connectivity index (χ1n) is 7.42. The highest BCUT2D eigenvalue weighted by molar-refractivity contribution is 6.52. The summed E-state index contributed by atoms with van der Waals surface area (Å²) in [4.78, 5) is 24.2. The molecule has 4 rings (SSSR count). The molecule has 0 radical (unpaired) electrons. The molecule has 0 unspecified atom stereocenters. The summed E-state index contributed by atoms with van der Waals surface area (Å²) in [6.07, 6.45) is 0. The summed E-state index contributed by atoms with van der Waals surface area (Å²) in [5, 5.41) is 32.9. The Morgan fingerprint density at radius 3 is 2.19 bits per heavy atom. The fraction of sp³-hybridized carbons (Fsp3) is 0.0526. The summed E-state index contributed by atoms with van der Waals surface area (Å²) in [5.41, 5.74) is -0.193. The number of aromatic hydroxyl groups is 2. The zero-order valence-electron chi connectivity index (χ0n) is 13.4. The Hall–Kier alpha value is -3.25. The van der Waals surface area contributed by atoms with Gasteiger partial charge in [-0.1, -0.05) is 24.3 Å². The quantitative estimate of drug-likeness (QED) is 0.446. The van der Waals surface area contributed by atoms with Crippen molar-refractivity contribution in [2.24, 2.45) is 0 Å². The molecule has 3 aromatic carbocycles. The van der Waals surface area contributed by atoms with Gasteiger partial charge in [-0.3, -0.25) is 9.59 Å². The van der Waals surface area contributed by atoms with Crippen LogP contribution in [0.4, 0.5) is 0 Å². The van der Waals surface area contributed by atoms with Gasteiger partial charge in [-0.05, 0) is 17.5 Å². The minimum atomic E-state index is -1.15. The van der Waals surface area contributed by atoms with Crippen LogP contribution in [0.1, 0.15) is 15.9 Å². The smallest absolute Gasteiger partial charge is 0.271 e. The van der Waals surface area contributed by atoms with Crippen molar-refractivity contribution in [3.05, 3.63) is 53.3 Å². The van der Waals surface area contributed by atoms with Crippen molar-refractivity contribution < 1.29 is 29.6 Å². The molecule has 0 bridgehead atoms. The van der Waals surface area contributed by atoms with Gasteiger partial charge in [0.25, 0.3) is 5.78 Å². The summed E-state index contributed by atoms with van der Waals surface area (Å²) in [6, 6.07) is 10.1. The van der Waals surface area contributed by atoms with Crippen LogP contribution in [0.5, 0.6) is 11.5 Å². The Labute approximate surface area is 153 Å². The number of carbonyl (C=O) groups excluding carboxylic acids is 2. The van der Waals surface area contributed by atoms with E-state index in [0.29, 0.717) is 10.8 Å². The molecule has 0 aromatic heterocycles. The van der Waals surface area contributed by atoms with E-state index >= 15 is 0 Å². The lowest BCUT2D eigenvalue weighted by Crippen LogP contribution is -2.24. The highest BCUT2D eigenvalue weighted by atomic mass is 35.5. The van der Waals surface area contributed by atoms with Gasteiger partial charge >= 0.3 is 0 Å². The van der Waals surface area contributed by atoms with Crippen molar-refractivity contribution in [1.82, 2.24) is 0 Å². The van der Waals surface area contributed by atoms with Crippen LogP contribution in [-0.4, -0.2) is 34.0 Å². The number of ketones is 2. The van der Waals surface area contributed by atoms with E-state index < -0.39 is 23.1 Å². The minimum absolute atomic E-state index is 0. The van der Waals surface area contributed by atoms with E-state index in [-0.39, 0.29) is 45.8 Å². The number of benzene rings is 3. The first-order valence-corrected chi connectivity index (χ1v) is 7.42. The third kappa shape index (κ3) is 2.12. The third-order valence-electron chi connectivity index (χ3n) is 4.42. The first-order chi connectivity index (χ1) is 12.0. The topological polar surface area (TPSA) is 104 Å². The number of aliphatic hydroxyl groups excluding tert-OH is 1. The number of halogens is 1. The second kappa shape index (κ2) is 5.93. The van der Waals surface area contributed by atoms with E-state index in [1.54, 1.807) is 30.3 Å². The molecule has 3 aromatic rings. The van der Waals surface area contributed by atoms with E-state index in [1.165, 1.54) is 13.2 Å². The molecule has 1 aliphatic carbocycles. The van der Waals surface area contributed by atoms with Gasteiger partial charge < -0.3 is 20.1 Å². The Morgan fingerprint density at radius 1 is 0.846 bits per heavy atom.